The third-order valence-corrected chi connectivity index (χ3v) is 4.35. The Morgan fingerprint density at radius 2 is 2.00 bits per heavy atom. The quantitative estimate of drug-likeness (QED) is 0.792. The Morgan fingerprint density at radius 1 is 1.32 bits per heavy atom. The SMILES string of the molecule is COCCN(c1nc(C)c(C(C)N)s1)C(C)COC. The lowest BCUT2D eigenvalue weighted by Gasteiger charge is -2.28. The first-order chi connectivity index (χ1) is 9.01. The maximum Gasteiger partial charge on any atom is 0.186 e. The summed E-state index contributed by atoms with van der Waals surface area (Å²) in [5.74, 6) is 0. The highest BCUT2D eigenvalue weighted by molar-refractivity contribution is 7.15. The molecule has 1 rings (SSSR count). The molecule has 0 bridgehead atoms. The minimum Gasteiger partial charge on any atom is -0.383 e. The van der Waals surface area contributed by atoms with Crippen LogP contribution in [0.4, 0.5) is 5.13 Å². The number of aryl methyl sites for hydroxylation is 1. The first-order valence-corrected chi connectivity index (χ1v) is 7.30. The minimum absolute atomic E-state index is 0.0215. The molecule has 0 aliphatic rings. The van der Waals surface area contributed by atoms with E-state index in [2.05, 4.69) is 16.8 Å². The van der Waals surface area contributed by atoms with E-state index >= 15 is 0 Å². The Labute approximate surface area is 119 Å². The van der Waals surface area contributed by atoms with Crippen molar-refractivity contribution in [3.63, 3.8) is 0 Å². The van der Waals surface area contributed by atoms with Crippen molar-refractivity contribution in [3.05, 3.63) is 10.6 Å². The predicted octanol–water partition coefficient (Wildman–Crippen LogP) is 1.96. The molecule has 0 radical (unpaired) electrons. The van der Waals surface area contributed by atoms with Crippen LogP contribution in [-0.2, 0) is 9.47 Å². The van der Waals surface area contributed by atoms with Crippen molar-refractivity contribution in [1.29, 1.82) is 0 Å². The number of aromatic nitrogens is 1. The Hall–Kier alpha value is -0.690. The molecule has 0 aromatic carbocycles. The molecule has 0 amide bonds. The fourth-order valence-corrected chi connectivity index (χ4v) is 3.11. The molecule has 2 N–H and O–H groups in total. The largest absolute Gasteiger partial charge is 0.383 e. The van der Waals surface area contributed by atoms with E-state index in [0.29, 0.717) is 13.2 Å². The van der Waals surface area contributed by atoms with Crippen LogP contribution in [0.5, 0.6) is 0 Å². The van der Waals surface area contributed by atoms with Crippen LogP contribution in [0.2, 0.25) is 0 Å². The van der Waals surface area contributed by atoms with Gasteiger partial charge in [-0.05, 0) is 20.8 Å². The molecular weight excluding hydrogens is 262 g/mol. The Bertz CT molecular complexity index is 382. The summed E-state index contributed by atoms with van der Waals surface area (Å²) in [4.78, 5) is 8.00. The van der Waals surface area contributed by atoms with E-state index in [1.807, 2.05) is 13.8 Å². The average Bonchev–Trinajstić information content (AvgIpc) is 2.72. The second-order valence-electron chi connectivity index (χ2n) is 4.73. The second-order valence-corrected chi connectivity index (χ2v) is 5.73. The van der Waals surface area contributed by atoms with Crippen molar-refractivity contribution in [2.75, 3.05) is 38.9 Å². The number of rotatable bonds is 8. The van der Waals surface area contributed by atoms with Gasteiger partial charge in [0.15, 0.2) is 5.13 Å². The van der Waals surface area contributed by atoms with Crippen LogP contribution >= 0.6 is 11.3 Å². The summed E-state index contributed by atoms with van der Waals surface area (Å²) in [6.45, 7) is 8.25. The van der Waals surface area contributed by atoms with E-state index in [9.17, 15) is 0 Å². The Balaban J connectivity index is 2.92. The zero-order valence-electron chi connectivity index (χ0n) is 12.5. The second kappa shape index (κ2) is 7.79. The zero-order valence-corrected chi connectivity index (χ0v) is 13.3. The van der Waals surface area contributed by atoms with Gasteiger partial charge in [-0.2, -0.15) is 0 Å². The summed E-state index contributed by atoms with van der Waals surface area (Å²) in [6, 6.07) is 0.278. The van der Waals surface area contributed by atoms with Crippen LogP contribution in [-0.4, -0.2) is 45.0 Å². The van der Waals surface area contributed by atoms with Crippen molar-refractivity contribution < 1.29 is 9.47 Å². The van der Waals surface area contributed by atoms with Gasteiger partial charge in [-0.3, -0.25) is 0 Å². The van der Waals surface area contributed by atoms with Crippen LogP contribution in [0.15, 0.2) is 0 Å². The van der Waals surface area contributed by atoms with Crippen molar-refractivity contribution in [2.45, 2.75) is 32.9 Å². The van der Waals surface area contributed by atoms with Crippen LogP contribution < -0.4 is 10.6 Å². The Kier molecular flexibility index (Phi) is 6.71. The summed E-state index contributed by atoms with van der Waals surface area (Å²) in [5.41, 5.74) is 6.98. The lowest BCUT2D eigenvalue weighted by atomic mass is 10.2. The molecule has 19 heavy (non-hydrogen) atoms. The molecule has 110 valence electrons. The first-order valence-electron chi connectivity index (χ1n) is 6.48. The maximum absolute atomic E-state index is 5.97. The molecule has 1 aromatic rings. The van der Waals surface area contributed by atoms with Gasteiger partial charge in [-0.15, -0.1) is 11.3 Å². The summed E-state index contributed by atoms with van der Waals surface area (Å²) >= 11 is 1.66. The monoisotopic (exact) mass is 287 g/mol. The van der Waals surface area contributed by atoms with Gasteiger partial charge < -0.3 is 20.1 Å². The van der Waals surface area contributed by atoms with Crippen LogP contribution in [0.25, 0.3) is 0 Å². The van der Waals surface area contributed by atoms with Gasteiger partial charge in [0.2, 0.25) is 0 Å². The van der Waals surface area contributed by atoms with Gasteiger partial charge in [0.05, 0.1) is 24.9 Å². The van der Waals surface area contributed by atoms with Crippen molar-refractivity contribution >= 4 is 16.5 Å². The number of anilines is 1. The van der Waals surface area contributed by atoms with Gasteiger partial charge in [0, 0.05) is 31.7 Å². The Morgan fingerprint density at radius 3 is 2.47 bits per heavy atom. The molecule has 0 aliphatic carbocycles. The van der Waals surface area contributed by atoms with Crippen molar-refractivity contribution in [2.24, 2.45) is 5.73 Å². The van der Waals surface area contributed by atoms with Crippen molar-refractivity contribution in [3.8, 4) is 0 Å². The van der Waals surface area contributed by atoms with Crippen LogP contribution in [0.3, 0.4) is 0 Å². The molecule has 2 unspecified atom stereocenters. The standard InChI is InChI=1S/C13H25N3O2S/c1-9(8-18-5)16(6-7-17-4)13-15-11(3)12(19-13)10(2)14/h9-10H,6-8,14H2,1-5H3. The van der Waals surface area contributed by atoms with E-state index in [-0.39, 0.29) is 12.1 Å². The van der Waals surface area contributed by atoms with E-state index in [1.165, 1.54) is 0 Å². The van der Waals surface area contributed by atoms with E-state index in [4.69, 9.17) is 15.2 Å². The highest BCUT2D eigenvalue weighted by Gasteiger charge is 2.20. The lowest BCUT2D eigenvalue weighted by Crippen LogP contribution is -2.38. The highest BCUT2D eigenvalue weighted by atomic mass is 32.1. The number of thiazole rings is 1. The van der Waals surface area contributed by atoms with Crippen molar-refractivity contribution in [1.82, 2.24) is 4.98 Å². The van der Waals surface area contributed by atoms with E-state index in [1.54, 1.807) is 25.6 Å². The van der Waals surface area contributed by atoms with Crippen LogP contribution in [0, 0.1) is 6.92 Å². The molecule has 0 spiro atoms. The minimum atomic E-state index is 0.0215. The van der Waals surface area contributed by atoms with Gasteiger partial charge in [0.25, 0.3) is 0 Å². The summed E-state index contributed by atoms with van der Waals surface area (Å²) in [7, 11) is 3.42. The fraction of sp³-hybridized carbons (Fsp3) is 0.769. The molecule has 0 aliphatic heterocycles. The average molecular weight is 287 g/mol. The zero-order chi connectivity index (χ0) is 14.4. The smallest absolute Gasteiger partial charge is 0.186 e. The first kappa shape index (κ1) is 16.4. The van der Waals surface area contributed by atoms with E-state index < -0.39 is 0 Å². The summed E-state index contributed by atoms with van der Waals surface area (Å²) < 4.78 is 10.4. The number of hydrogen-bond donors (Lipinski definition) is 1. The number of nitrogens with two attached hydrogens (primary N) is 1. The number of methoxy groups -OCH3 is 2. The highest BCUT2D eigenvalue weighted by Crippen LogP contribution is 2.30. The normalized spacial score (nSPS) is 14.4. The molecule has 5 nitrogen and oxygen atoms in total. The molecule has 0 saturated heterocycles. The third-order valence-electron chi connectivity index (χ3n) is 2.96. The fourth-order valence-electron chi connectivity index (χ4n) is 1.96. The molecule has 1 aromatic heterocycles. The number of nitrogens with zero attached hydrogens (tertiary/aromatic N) is 2. The lowest BCUT2D eigenvalue weighted by molar-refractivity contribution is 0.171. The van der Waals surface area contributed by atoms with Gasteiger partial charge >= 0.3 is 0 Å². The summed E-state index contributed by atoms with van der Waals surface area (Å²) in [5, 5.41) is 0.992. The number of ether oxygens (including phenoxy) is 2. The van der Waals surface area contributed by atoms with Crippen LogP contribution in [0.1, 0.15) is 30.5 Å². The summed E-state index contributed by atoms with van der Waals surface area (Å²) in [6.07, 6.45) is 0. The predicted molar refractivity (Wildman–Crippen MR) is 80.0 cm³/mol. The number of hydrogen-bond acceptors (Lipinski definition) is 6. The van der Waals surface area contributed by atoms with E-state index in [0.717, 1.165) is 22.2 Å². The molecule has 0 fully saturated rings. The molecule has 1 heterocycles. The molecular formula is C13H25N3O2S. The van der Waals surface area contributed by atoms with Gasteiger partial charge in [0.1, 0.15) is 0 Å². The third kappa shape index (κ3) is 4.42. The molecule has 2 atom stereocenters. The molecule has 6 heteroatoms. The maximum atomic E-state index is 5.97. The topological polar surface area (TPSA) is 60.6 Å². The van der Waals surface area contributed by atoms with Gasteiger partial charge in [-0.25, -0.2) is 4.98 Å². The molecule has 0 saturated carbocycles. The van der Waals surface area contributed by atoms with Gasteiger partial charge in [-0.1, -0.05) is 0 Å².